The van der Waals surface area contributed by atoms with Crippen LogP contribution in [-0.4, -0.2) is 92.5 Å². The molecule has 0 bridgehead atoms. The molecule has 2 aromatic carbocycles. The number of phenolic OH excluding ortho intramolecular Hbond substituents is 2. The minimum Gasteiger partial charge on any atom is -0.507 e. The van der Waals surface area contributed by atoms with E-state index in [0.29, 0.717) is 0 Å². The number of esters is 4. The summed E-state index contributed by atoms with van der Waals surface area (Å²) in [5.74, 6) is -8.95. The zero-order valence-electron chi connectivity index (χ0n) is 30.1. The number of aromatic hydroxyl groups is 2. The van der Waals surface area contributed by atoms with E-state index in [4.69, 9.17) is 28.4 Å². The lowest BCUT2D eigenvalue weighted by Crippen LogP contribution is -2.63. The van der Waals surface area contributed by atoms with Crippen LogP contribution in [-0.2, 0) is 47.7 Å². The summed E-state index contributed by atoms with van der Waals surface area (Å²) in [6.45, 7) is 6.36. The summed E-state index contributed by atoms with van der Waals surface area (Å²) in [5, 5.41) is 46.5. The van der Waals surface area contributed by atoms with Crippen molar-refractivity contribution in [1.29, 1.82) is 0 Å². The molecule has 6 atom stereocenters. The fourth-order valence-electron chi connectivity index (χ4n) is 7.98. The summed E-state index contributed by atoms with van der Waals surface area (Å²) < 4.78 is 34.7. The van der Waals surface area contributed by atoms with Crippen LogP contribution in [0.3, 0.4) is 0 Å². The van der Waals surface area contributed by atoms with Crippen LogP contribution in [0.1, 0.15) is 65.5 Å². The first-order chi connectivity index (χ1) is 25.3. The Morgan fingerprint density at radius 3 is 1.61 bits per heavy atom. The van der Waals surface area contributed by atoms with Crippen LogP contribution in [0.4, 0.5) is 0 Å². The van der Waals surface area contributed by atoms with Crippen molar-refractivity contribution < 1.29 is 77.6 Å². The van der Waals surface area contributed by atoms with Gasteiger partial charge in [0.15, 0.2) is 23.8 Å². The highest BCUT2D eigenvalue weighted by molar-refractivity contribution is 6.08. The molecule has 16 heteroatoms. The lowest BCUT2D eigenvalue weighted by molar-refractivity contribution is -0.178. The predicted octanol–water partition coefficient (Wildman–Crippen LogP) is 3.77. The molecule has 0 spiro atoms. The monoisotopic (exact) mass is 750 g/mol. The third-order valence-electron chi connectivity index (χ3n) is 10.0. The first-order valence-corrected chi connectivity index (χ1v) is 17.0. The average Bonchev–Trinajstić information content (AvgIpc) is 3.06. The molecular formula is C38H38O16. The molecule has 0 saturated heterocycles. The number of fused-ring (bicyclic) bond motifs is 4. The SMILES string of the molecule is CC(=O)OC[C@]12Oc3ccc(-c4ccc(O)c5c4O[C@@]4(COC(C)=O)C(=C5O)C(=O)C[C@@H](C)[C@H]4OC(C)=O)c(O)c3C(O)=C1C(=O)C[C@@H](C)[C@H]2OC(C)=O. The highest BCUT2D eigenvalue weighted by Crippen LogP contribution is 2.57. The van der Waals surface area contributed by atoms with Crippen LogP contribution in [0.15, 0.2) is 35.4 Å². The number of hydrogen-bond donors (Lipinski definition) is 4. The lowest BCUT2D eigenvalue weighted by atomic mass is 9.69. The van der Waals surface area contributed by atoms with E-state index in [0.717, 1.165) is 33.8 Å². The maximum absolute atomic E-state index is 13.7. The summed E-state index contributed by atoms with van der Waals surface area (Å²) in [4.78, 5) is 75.9. The Bertz CT molecular complexity index is 2090. The highest BCUT2D eigenvalue weighted by atomic mass is 16.6. The number of aliphatic hydroxyl groups is 2. The number of ether oxygens (including phenoxy) is 6. The molecule has 0 radical (unpaired) electrons. The maximum Gasteiger partial charge on any atom is 0.303 e. The maximum atomic E-state index is 13.7. The minimum atomic E-state index is -2.13. The molecule has 4 N–H and O–H groups in total. The smallest absolute Gasteiger partial charge is 0.303 e. The van der Waals surface area contributed by atoms with Crippen LogP contribution < -0.4 is 9.47 Å². The number of carbonyl (C=O) groups is 6. The second-order valence-corrected chi connectivity index (χ2v) is 13.9. The third kappa shape index (κ3) is 5.85. The topological polar surface area (TPSA) is 239 Å². The second-order valence-electron chi connectivity index (χ2n) is 13.9. The van der Waals surface area contributed by atoms with Crippen LogP contribution >= 0.6 is 0 Å². The lowest BCUT2D eigenvalue weighted by Gasteiger charge is -2.48. The molecule has 2 aromatic rings. The Balaban J connectivity index is 1.58. The molecule has 2 saturated carbocycles. The van der Waals surface area contributed by atoms with Crippen molar-refractivity contribution in [1.82, 2.24) is 0 Å². The first-order valence-electron chi connectivity index (χ1n) is 17.0. The van der Waals surface area contributed by atoms with E-state index in [1.54, 1.807) is 13.8 Å². The molecule has 16 nitrogen and oxygen atoms in total. The largest absolute Gasteiger partial charge is 0.507 e. The highest BCUT2D eigenvalue weighted by Gasteiger charge is 2.62. The molecule has 6 rings (SSSR count). The number of phenols is 2. The van der Waals surface area contributed by atoms with E-state index in [1.165, 1.54) is 18.2 Å². The Labute approximate surface area is 307 Å². The molecule has 2 heterocycles. The number of benzene rings is 2. The number of rotatable bonds is 7. The van der Waals surface area contributed by atoms with Crippen molar-refractivity contribution in [3.05, 3.63) is 46.5 Å². The Hall–Kier alpha value is -6.06. The molecule has 4 aliphatic rings. The van der Waals surface area contributed by atoms with Crippen molar-refractivity contribution in [2.75, 3.05) is 13.2 Å². The van der Waals surface area contributed by atoms with Gasteiger partial charge >= 0.3 is 23.9 Å². The Morgan fingerprint density at radius 2 is 1.13 bits per heavy atom. The van der Waals surface area contributed by atoms with Gasteiger partial charge in [0.1, 0.15) is 58.9 Å². The van der Waals surface area contributed by atoms with Gasteiger partial charge in [0.05, 0.1) is 11.1 Å². The fraction of sp³-hybridized carbons (Fsp3) is 0.421. The summed E-state index contributed by atoms with van der Waals surface area (Å²) >= 11 is 0. The summed E-state index contributed by atoms with van der Waals surface area (Å²) in [6, 6.07) is 5.09. The zero-order valence-corrected chi connectivity index (χ0v) is 30.1. The van der Waals surface area contributed by atoms with Crippen molar-refractivity contribution in [2.24, 2.45) is 11.8 Å². The average molecular weight is 751 g/mol. The molecule has 0 unspecified atom stereocenters. The van der Waals surface area contributed by atoms with Gasteiger partial charge in [-0.1, -0.05) is 13.8 Å². The Kier molecular flexibility index (Phi) is 9.36. The molecule has 286 valence electrons. The molecule has 0 aromatic heterocycles. The van der Waals surface area contributed by atoms with E-state index in [9.17, 15) is 49.2 Å². The van der Waals surface area contributed by atoms with Crippen LogP contribution in [0.25, 0.3) is 22.6 Å². The summed E-state index contributed by atoms with van der Waals surface area (Å²) in [6.07, 6.45) is -2.94. The molecular weight excluding hydrogens is 712 g/mol. The summed E-state index contributed by atoms with van der Waals surface area (Å²) in [7, 11) is 0. The summed E-state index contributed by atoms with van der Waals surface area (Å²) in [5.41, 5.74) is -5.87. The van der Waals surface area contributed by atoms with Gasteiger partial charge in [-0.3, -0.25) is 28.8 Å². The van der Waals surface area contributed by atoms with E-state index < -0.39 is 118 Å². The zero-order chi connectivity index (χ0) is 39.6. The van der Waals surface area contributed by atoms with E-state index in [1.807, 2.05) is 0 Å². The third-order valence-corrected chi connectivity index (χ3v) is 10.0. The number of carbonyl (C=O) groups excluding carboxylic acids is 6. The molecule has 2 aliphatic carbocycles. The van der Waals surface area contributed by atoms with Crippen LogP contribution in [0, 0.1) is 11.8 Å². The van der Waals surface area contributed by atoms with Crippen molar-refractivity contribution in [2.45, 2.75) is 77.8 Å². The van der Waals surface area contributed by atoms with Gasteiger partial charge in [-0.15, -0.1) is 0 Å². The molecule has 2 fully saturated rings. The van der Waals surface area contributed by atoms with Gasteiger partial charge in [-0.2, -0.15) is 0 Å². The second kappa shape index (κ2) is 13.4. The van der Waals surface area contributed by atoms with Gasteiger partial charge in [-0.25, -0.2) is 0 Å². The van der Waals surface area contributed by atoms with E-state index in [-0.39, 0.29) is 46.6 Å². The Morgan fingerprint density at radius 1 is 0.667 bits per heavy atom. The normalized spacial score (nSPS) is 26.9. The van der Waals surface area contributed by atoms with Gasteiger partial charge < -0.3 is 48.8 Å². The van der Waals surface area contributed by atoms with Crippen molar-refractivity contribution in [3.8, 4) is 34.1 Å². The van der Waals surface area contributed by atoms with Gasteiger partial charge in [0.2, 0.25) is 11.2 Å². The number of ketones is 2. The van der Waals surface area contributed by atoms with E-state index in [2.05, 4.69) is 0 Å². The minimum absolute atomic E-state index is 0.0425. The quantitative estimate of drug-likeness (QED) is 0.233. The van der Waals surface area contributed by atoms with Gasteiger partial charge in [0.25, 0.3) is 0 Å². The molecule has 54 heavy (non-hydrogen) atoms. The van der Waals surface area contributed by atoms with Gasteiger partial charge in [-0.05, 0) is 24.3 Å². The van der Waals surface area contributed by atoms with E-state index >= 15 is 0 Å². The number of aliphatic hydroxyl groups excluding tert-OH is 2. The fourth-order valence-corrected chi connectivity index (χ4v) is 7.98. The van der Waals surface area contributed by atoms with Crippen molar-refractivity contribution >= 4 is 47.0 Å². The first kappa shape index (κ1) is 37.7. The van der Waals surface area contributed by atoms with Gasteiger partial charge in [0, 0.05) is 63.5 Å². The number of Topliss-reactive ketones (excluding diaryl/α,β-unsaturated/α-hetero) is 2. The molecule has 0 amide bonds. The molecule has 2 aliphatic heterocycles. The standard InChI is InChI=1S/C38H38O16/c1-15-11-25(45)30-33(48)28-26(53-37(30,13-49-17(3)39)35(15)51-19(5)41)10-8-21(31(28)46)22-7-9-23(43)27-32(47)29-24(44)12-16(2)36(52-20(6)42)38(29,54-34(22)27)14-50-18(4)40/h7-10,15-16,35-36,43,46-48H,11-14H2,1-6H3/t15-,16-,35-,36-,37+,38+/m1/s1. The number of hydrogen-bond acceptors (Lipinski definition) is 16. The van der Waals surface area contributed by atoms with Crippen LogP contribution in [0.2, 0.25) is 0 Å². The van der Waals surface area contributed by atoms with Crippen LogP contribution in [0.5, 0.6) is 23.0 Å². The predicted molar refractivity (Wildman–Crippen MR) is 183 cm³/mol. The van der Waals surface area contributed by atoms with Crippen molar-refractivity contribution in [3.63, 3.8) is 0 Å².